The summed E-state index contributed by atoms with van der Waals surface area (Å²) in [6.07, 6.45) is 57.3. The normalized spacial score (nSPS) is 18.8. The molecule has 0 aromatic carbocycles. The van der Waals surface area contributed by atoms with Crippen LogP contribution in [0.3, 0.4) is 0 Å². The number of esters is 1. The minimum absolute atomic E-state index is 0.00445. The maximum Gasteiger partial charge on any atom is 0.305 e. The molecule has 1 heterocycles. The molecule has 0 aliphatic carbocycles. The minimum Gasteiger partial charge on any atom is -0.466 e. The lowest BCUT2D eigenvalue weighted by Gasteiger charge is -2.40. The molecule has 1 aliphatic heterocycles. The summed E-state index contributed by atoms with van der Waals surface area (Å²) in [6, 6.07) is -0.808. The first-order chi connectivity index (χ1) is 37.2. The number of unbranched alkanes of at least 4 members (excludes halogenated alkanes) is 41. The monoisotopic (exact) mass is 1080 g/mol. The molecule has 448 valence electrons. The van der Waals surface area contributed by atoms with E-state index in [9.17, 15) is 35.1 Å². The van der Waals surface area contributed by atoms with Crippen LogP contribution in [-0.4, -0.2) is 100 Å². The van der Waals surface area contributed by atoms with Gasteiger partial charge in [-0.1, -0.05) is 269 Å². The number of aliphatic hydroxyl groups is 5. The summed E-state index contributed by atoms with van der Waals surface area (Å²) < 4.78 is 16.7. The molecule has 76 heavy (non-hydrogen) atoms. The molecule has 1 rings (SSSR count). The van der Waals surface area contributed by atoms with Gasteiger partial charge in [-0.2, -0.15) is 0 Å². The van der Waals surface area contributed by atoms with Crippen LogP contribution in [0.15, 0.2) is 24.3 Å². The molecule has 0 aromatic rings. The Morgan fingerprint density at radius 1 is 0.474 bits per heavy atom. The van der Waals surface area contributed by atoms with Gasteiger partial charge in [-0.05, 0) is 57.8 Å². The Bertz CT molecular complexity index is 1310. The second-order valence-corrected chi connectivity index (χ2v) is 22.8. The molecule has 7 atom stereocenters. The number of allylic oxidation sites excluding steroid dienone is 3. The summed E-state index contributed by atoms with van der Waals surface area (Å²) in [5.74, 6) is -0.187. The third kappa shape index (κ3) is 44.0. The molecule has 7 unspecified atom stereocenters. The number of aliphatic hydroxyl groups excluding tert-OH is 5. The van der Waals surface area contributed by atoms with Crippen LogP contribution in [0.2, 0.25) is 0 Å². The molecule has 0 spiro atoms. The zero-order valence-corrected chi connectivity index (χ0v) is 49.5. The first-order valence-electron chi connectivity index (χ1n) is 32.6. The lowest BCUT2D eigenvalue weighted by Crippen LogP contribution is -2.60. The molecular formula is C65H123NO10. The van der Waals surface area contributed by atoms with Crippen LogP contribution in [0.25, 0.3) is 0 Å². The molecular weight excluding hydrogens is 955 g/mol. The van der Waals surface area contributed by atoms with Gasteiger partial charge in [0, 0.05) is 12.8 Å². The molecule has 11 heteroatoms. The highest BCUT2D eigenvalue weighted by atomic mass is 16.7. The standard InChI is InChI=1S/C65H123NO10/c1-3-5-7-9-11-13-14-15-16-27-30-33-37-41-45-49-53-61(70)74-54-50-46-42-38-34-31-28-25-23-21-19-17-18-20-22-24-26-29-32-36-40-44-48-52-60(69)66-57(58(68)51-47-43-39-35-12-10-8-6-4-2)56-75-65-64(73)63(72)62(71)59(55-67)76-65/h16,27,47,51,57-59,62-65,67-68,71-73H,3-15,17-26,28-46,48-50,52-56H2,1-2H3,(H,66,69)/b27-16-,51-47+. The van der Waals surface area contributed by atoms with Crippen molar-refractivity contribution in [1.29, 1.82) is 0 Å². The molecule has 0 saturated carbocycles. The molecule has 0 aromatic heterocycles. The van der Waals surface area contributed by atoms with Crippen LogP contribution in [0.1, 0.15) is 316 Å². The molecule has 0 radical (unpaired) electrons. The van der Waals surface area contributed by atoms with E-state index in [1.807, 2.05) is 6.08 Å². The molecule has 1 fully saturated rings. The third-order valence-electron chi connectivity index (χ3n) is 15.6. The van der Waals surface area contributed by atoms with Gasteiger partial charge in [0.15, 0.2) is 6.29 Å². The van der Waals surface area contributed by atoms with Crippen molar-refractivity contribution >= 4 is 11.9 Å². The van der Waals surface area contributed by atoms with Crippen molar-refractivity contribution in [3.63, 3.8) is 0 Å². The number of ether oxygens (including phenoxy) is 3. The maximum atomic E-state index is 13.0. The van der Waals surface area contributed by atoms with Gasteiger partial charge in [-0.25, -0.2) is 0 Å². The lowest BCUT2D eigenvalue weighted by atomic mass is 9.99. The minimum atomic E-state index is -1.57. The van der Waals surface area contributed by atoms with E-state index >= 15 is 0 Å². The highest BCUT2D eigenvalue weighted by Crippen LogP contribution is 2.23. The number of carbonyl (C=O) groups is 2. The fraction of sp³-hybridized carbons (Fsp3) is 0.908. The number of carbonyl (C=O) groups excluding carboxylic acids is 2. The SMILES string of the molecule is CCCCCCCCC/C=C\CCCCCCCC(=O)OCCCCCCCCCCCCCCCCCCCCCCCCCC(=O)NC(COC1OC(CO)C(O)C(O)C1O)C(O)/C=C/CCCCCCCCC. The fourth-order valence-corrected chi connectivity index (χ4v) is 10.4. The second-order valence-electron chi connectivity index (χ2n) is 22.8. The Hall–Kier alpha value is -1.86. The number of nitrogens with one attached hydrogen (secondary N) is 1. The van der Waals surface area contributed by atoms with Crippen molar-refractivity contribution in [3.8, 4) is 0 Å². The first-order valence-corrected chi connectivity index (χ1v) is 32.6. The number of rotatable bonds is 57. The van der Waals surface area contributed by atoms with Gasteiger partial charge in [0.2, 0.25) is 5.91 Å². The van der Waals surface area contributed by atoms with Crippen molar-refractivity contribution in [1.82, 2.24) is 5.32 Å². The molecule has 1 saturated heterocycles. The summed E-state index contributed by atoms with van der Waals surface area (Å²) in [7, 11) is 0. The van der Waals surface area contributed by atoms with Gasteiger partial charge in [-0.15, -0.1) is 0 Å². The maximum absolute atomic E-state index is 13.0. The molecule has 6 N–H and O–H groups in total. The van der Waals surface area contributed by atoms with Crippen molar-refractivity contribution in [2.45, 2.75) is 358 Å². The molecule has 1 amide bonds. The quantitative estimate of drug-likeness (QED) is 0.0195. The average Bonchev–Trinajstić information content (AvgIpc) is 3.42. The van der Waals surface area contributed by atoms with Crippen LogP contribution in [0, 0.1) is 0 Å². The fourth-order valence-electron chi connectivity index (χ4n) is 10.4. The summed E-state index contributed by atoms with van der Waals surface area (Å²) in [6.45, 7) is 4.33. The Labute approximate surface area is 467 Å². The van der Waals surface area contributed by atoms with Crippen LogP contribution in [-0.2, 0) is 23.8 Å². The largest absolute Gasteiger partial charge is 0.466 e. The van der Waals surface area contributed by atoms with Gasteiger partial charge in [0.1, 0.15) is 24.4 Å². The zero-order valence-electron chi connectivity index (χ0n) is 49.5. The summed E-state index contributed by atoms with van der Waals surface area (Å²) in [5, 5.41) is 54.2. The Kier molecular flexibility index (Phi) is 52.3. The Morgan fingerprint density at radius 2 is 0.842 bits per heavy atom. The average molecular weight is 1080 g/mol. The van der Waals surface area contributed by atoms with Crippen LogP contribution in [0.5, 0.6) is 0 Å². The van der Waals surface area contributed by atoms with Gasteiger partial charge in [-0.3, -0.25) is 9.59 Å². The van der Waals surface area contributed by atoms with E-state index in [0.29, 0.717) is 19.4 Å². The highest BCUT2D eigenvalue weighted by molar-refractivity contribution is 5.76. The number of hydrogen-bond acceptors (Lipinski definition) is 10. The van der Waals surface area contributed by atoms with E-state index in [2.05, 4.69) is 31.3 Å². The molecule has 11 nitrogen and oxygen atoms in total. The summed E-state index contributed by atoms with van der Waals surface area (Å²) in [5.41, 5.74) is 0. The van der Waals surface area contributed by atoms with Crippen LogP contribution < -0.4 is 5.32 Å². The molecule has 1 aliphatic rings. The van der Waals surface area contributed by atoms with Gasteiger partial charge in [0.05, 0.1) is 32.0 Å². The predicted molar refractivity (Wildman–Crippen MR) is 315 cm³/mol. The van der Waals surface area contributed by atoms with Gasteiger partial charge < -0.3 is 45.1 Å². The highest BCUT2D eigenvalue weighted by Gasteiger charge is 2.44. The van der Waals surface area contributed by atoms with Crippen molar-refractivity contribution < 1.29 is 49.3 Å². The van der Waals surface area contributed by atoms with Gasteiger partial charge in [0.25, 0.3) is 0 Å². The van der Waals surface area contributed by atoms with Crippen molar-refractivity contribution in [3.05, 3.63) is 24.3 Å². The lowest BCUT2D eigenvalue weighted by molar-refractivity contribution is -0.302. The molecule has 0 bridgehead atoms. The van der Waals surface area contributed by atoms with E-state index < -0.39 is 49.5 Å². The van der Waals surface area contributed by atoms with E-state index in [1.54, 1.807) is 6.08 Å². The van der Waals surface area contributed by atoms with E-state index in [-0.39, 0.29) is 18.5 Å². The smallest absolute Gasteiger partial charge is 0.305 e. The van der Waals surface area contributed by atoms with Crippen molar-refractivity contribution in [2.24, 2.45) is 0 Å². The Balaban J connectivity index is 1.95. The topological polar surface area (TPSA) is 175 Å². The third-order valence-corrected chi connectivity index (χ3v) is 15.6. The Morgan fingerprint density at radius 3 is 1.26 bits per heavy atom. The van der Waals surface area contributed by atoms with Crippen molar-refractivity contribution in [2.75, 3.05) is 19.8 Å². The second kappa shape index (κ2) is 55.1. The van der Waals surface area contributed by atoms with E-state index in [0.717, 1.165) is 57.8 Å². The number of amides is 1. The first kappa shape index (κ1) is 72.2. The zero-order chi connectivity index (χ0) is 55.2. The van der Waals surface area contributed by atoms with Crippen LogP contribution in [0.4, 0.5) is 0 Å². The number of hydrogen-bond donors (Lipinski definition) is 6. The van der Waals surface area contributed by atoms with Gasteiger partial charge >= 0.3 is 5.97 Å². The summed E-state index contributed by atoms with van der Waals surface area (Å²) >= 11 is 0. The van der Waals surface area contributed by atoms with E-state index in [4.69, 9.17) is 14.2 Å². The van der Waals surface area contributed by atoms with Crippen LogP contribution >= 0.6 is 0 Å². The predicted octanol–water partition coefficient (Wildman–Crippen LogP) is 15.7. The van der Waals surface area contributed by atoms with E-state index in [1.165, 1.54) is 231 Å². The summed E-state index contributed by atoms with van der Waals surface area (Å²) in [4.78, 5) is 25.1.